The summed E-state index contributed by atoms with van der Waals surface area (Å²) in [7, 11) is 0. The summed E-state index contributed by atoms with van der Waals surface area (Å²) in [5, 5.41) is 5.02. The van der Waals surface area contributed by atoms with Gasteiger partial charge in [-0.05, 0) is 18.2 Å². The predicted molar refractivity (Wildman–Crippen MR) is 87.9 cm³/mol. The summed E-state index contributed by atoms with van der Waals surface area (Å²) in [6, 6.07) is 6.18. The largest absolute Gasteiger partial charge is 0.468 e. The minimum absolute atomic E-state index is 0.0452. The molecular formula is C16H12F3N3O3S. The fourth-order valence-corrected chi connectivity index (χ4v) is 2.75. The molecule has 0 aliphatic heterocycles. The lowest BCUT2D eigenvalue weighted by Crippen LogP contribution is -2.19. The van der Waals surface area contributed by atoms with Crippen molar-refractivity contribution >= 4 is 22.9 Å². The summed E-state index contributed by atoms with van der Waals surface area (Å²) in [6.45, 7) is -1.42. The number of halogens is 3. The van der Waals surface area contributed by atoms with E-state index < -0.39 is 12.8 Å². The molecule has 1 amide bonds. The number of pyridine rings is 1. The molecule has 0 spiro atoms. The third-order valence-electron chi connectivity index (χ3n) is 3.03. The minimum atomic E-state index is -4.43. The zero-order chi connectivity index (χ0) is 18.6. The lowest BCUT2D eigenvalue weighted by molar-refractivity contribution is -0.154. The van der Waals surface area contributed by atoms with Gasteiger partial charge in [-0.2, -0.15) is 13.2 Å². The smallest absolute Gasteiger partial charge is 0.422 e. The monoisotopic (exact) mass is 383 g/mol. The van der Waals surface area contributed by atoms with E-state index in [-0.39, 0.29) is 18.2 Å². The summed E-state index contributed by atoms with van der Waals surface area (Å²) in [5.74, 6) is 0.121. The van der Waals surface area contributed by atoms with Gasteiger partial charge in [0.1, 0.15) is 0 Å². The zero-order valence-corrected chi connectivity index (χ0v) is 13.9. The van der Waals surface area contributed by atoms with Crippen LogP contribution in [-0.4, -0.2) is 28.7 Å². The number of furan rings is 1. The summed E-state index contributed by atoms with van der Waals surface area (Å²) < 4.78 is 46.0. The number of thiazole rings is 1. The van der Waals surface area contributed by atoms with Crippen LogP contribution in [0.4, 0.5) is 18.9 Å². The number of amides is 1. The summed E-state index contributed by atoms with van der Waals surface area (Å²) >= 11 is 1.36. The van der Waals surface area contributed by atoms with Crippen LogP contribution >= 0.6 is 11.3 Å². The number of rotatable bonds is 6. The molecule has 0 radical (unpaired) electrons. The van der Waals surface area contributed by atoms with Gasteiger partial charge in [0.15, 0.2) is 17.4 Å². The van der Waals surface area contributed by atoms with E-state index in [0.717, 1.165) is 0 Å². The van der Waals surface area contributed by atoms with Gasteiger partial charge in [-0.15, -0.1) is 11.3 Å². The number of ether oxygens (including phenoxy) is 1. The van der Waals surface area contributed by atoms with Gasteiger partial charge in [-0.1, -0.05) is 0 Å². The van der Waals surface area contributed by atoms with Gasteiger partial charge in [0.2, 0.25) is 11.8 Å². The van der Waals surface area contributed by atoms with Gasteiger partial charge in [0.25, 0.3) is 0 Å². The van der Waals surface area contributed by atoms with E-state index in [9.17, 15) is 18.0 Å². The van der Waals surface area contributed by atoms with E-state index in [2.05, 4.69) is 20.0 Å². The molecule has 6 nitrogen and oxygen atoms in total. The standard InChI is InChI=1S/C16H12F3N3O3S/c17-16(18,19)9-25-14-4-3-10(7-20-14)21-13(23)6-11-8-26-15(22-11)12-2-1-5-24-12/h1-5,7-8H,6,9H2,(H,21,23). The van der Waals surface area contributed by atoms with Crippen molar-refractivity contribution in [2.45, 2.75) is 12.6 Å². The molecule has 0 saturated carbocycles. The van der Waals surface area contributed by atoms with Crippen LogP contribution in [-0.2, 0) is 11.2 Å². The molecule has 10 heteroatoms. The van der Waals surface area contributed by atoms with Crippen molar-refractivity contribution in [2.75, 3.05) is 11.9 Å². The summed E-state index contributed by atoms with van der Waals surface area (Å²) in [4.78, 5) is 20.1. The molecule has 0 atom stereocenters. The Morgan fingerprint density at radius 1 is 1.31 bits per heavy atom. The predicted octanol–water partition coefficient (Wildman–Crippen LogP) is 3.92. The van der Waals surface area contributed by atoms with Crippen LogP contribution in [0.25, 0.3) is 10.8 Å². The Kier molecular flexibility index (Phi) is 5.21. The van der Waals surface area contributed by atoms with Gasteiger partial charge in [-0.3, -0.25) is 4.79 Å². The molecule has 26 heavy (non-hydrogen) atoms. The van der Waals surface area contributed by atoms with Crippen molar-refractivity contribution in [3.05, 3.63) is 47.8 Å². The lowest BCUT2D eigenvalue weighted by atomic mass is 10.3. The molecule has 0 aliphatic rings. The molecule has 3 aromatic rings. The number of nitrogens with one attached hydrogen (secondary N) is 1. The highest BCUT2D eigenvalue weighted by Gasteiger charge is 2.28. The maximum atomic E-state index is 12.1. The molecule has 0 bridgehead atoms. The molecule has 1 N–H and O–H groups in total. The van der Waals surface area contributed by atoms with Crippen LogP contribution < -0.4 is 10.1 Å². The Morgan fingerprint density at radius 3 is 2.81 bits per heavy atom. The van der Waals surface area contributed by atoms with Gasteiger partial charge in [-0.25, -0.2) is 9.97 Å². The number of aromatic nitrogens is 2. The molecule has 0 fully saturated rings. The van der Waals surface area contributed by atoms with Crippen LogP contribution in [0.15, 0.2) is 46.5 Å². The first-order valence-electron chi connectivity index (χ1n) is 7.33. The van der Waals surface area contributed by atoms with Crippen molar-refractivity contribution in [3.8, 4) is 16.6 Å². The van der Waals surface area contributed by atoms with Crippen molar-refractivity contribution in [3.63, 3.8) is 0 Å². The van der Waals surface area contributed by atoms with Crippen molar-refractivity contribution in [2.24, 2.45) is 0 Å². The maximum Gasteiger partial charge on any atom is 0.422 e. The quantitative estimate of drug-likeness (QED) is 0.698. The molecule has 0 unspecified atom stereocenters. The third-order valence-corrected chi connectivity index (χ3v) is 3.93. The first kappa shape index (κ1) is 17.9. The topological polar surface area (TPSA) is 77.2 Å². The number of alkyl halides is 3. The molecule has 3 heterocycles. The Balaban J connectivity index is 1.53. The second-order valence-electron chi connectivity index (χ2n) is 5.14. The highest BCUT2D eigenvalue weighted by molar-refractivity contribution is 7.13. The molecule has 0 saturated heterocycles. The molecule has 136 valence electrons. The fraction of sp³-hybridized carbons (Fsp3) is 0.188. The first-order valence-corrected chi connectivity index (χ1v) is 8.21. The second kappa shape index (κ2) is 7.56. The van der Waals surface area contributed by atoms with Crippen LogP contribution in [0, 0.1) is 0 Å². The SMILES string of the molecule is O=C(Cc1csc(-c2ccco2)n1)Nc1ccc(OCC(F)(F)F)nc1. The Morgan fingerprint density at radius 2 is 2.15 bits per heavy atom. The Hall–Kier alpha value is -2.88. The third kappa shape index (κ3) is 5.06. The average Bonchev–Trinajstić information content (AvgIpc) is 3.24. The number of hydrogen-bond donors (Lipinski definition) is 1. The summed E-state index contributed by atoms with van der Waals surface area (Å²) in [6.07, 6.45) is -1.63. The van der Waals surface area contributed by atoms with Gasteiger partial charge >= 0.3 is 6.18 Å². The van der Waals surface area contributed by atoms with E-state index in [1.54, 1.807) is 17.5 Å². The maximum absolute atomic E-state index is 12.1. The number of hydrogen-bond acceptors (Lipinski definition) is 6. The highest BCUT2D eigenvalue weighted by Crippen LogP contribution is 2.24. The average molecular weight is 383 g/mol. The van der Waals surface area contributed by atoms with E-state index in [1.165, 1.54) is 35.9 Å². The number of carbonyl (C=O) groups excluding carboxylic acids is 1. The number of carbonyl (C=O) groups is 1. The molecule has 0 aliphatic carbocycles. The normalized spacial score (nSPS) is 11.3. The number of anilines is 1. The molecule has 3 aromatic heterocycles. The zero-order valence-electron chi connectivity index (χ0n) is 13.1. The fourth-order valence-electron chi connectivity index (χ4n) is 1.97. The van der Waals surface area contributed by atoms with Crippen LogP contribution in [0.2, 0.25) is 0 Å². The van der Waals surface area contributed by atoms with Crippen LogP contribution in [0.5, 0.6) is 5.88 Å². The van der Waals surface area contributed by atoms with Crippen molar-refractivity contribution < 1.29 is 27.1 Å². The highest BCUT2D eigenvalue weighted by atomic mass is 32.1. The molecular weight excluding hydrogens is 371 g/mol. The van der Waals surface area contributed by atoms with E-state index >= 15 is 0 Å². The van der Waals surface area contributed by atoms with Crippen molar-refractivity contribution in [1.82, 2.24) is 9.97 Å². The Labute approximate surface area is 149 Å². The lowest BCUT2D eigenvalue weighted by Gasteiger charge is -2.09. The minimum Gasteiger partial charge on any atom is -0.468 e. The Bertz CT molecular complexity index is 861. The van der Waals surface area contributed by atoms with E-state index in [1.807, 2.05) is 0 Å². The molecule has 3 rings (SSSR count). The van der Waals surface area contributed by atoms with Gasteiger partial charge in [0.05, 0.1) is 30.3 Å². The van der Waals surface area contributed by atoms with Crippen molar-refractivity contribution in [1.29, 1.82) is 0 Å². The second-order valence-corrected chi connectivity index (χ2v) is 5.99. The first-order chi connectivity index (χ1) is 12.4. The molecule has 0 aromatic carbocycles. The van der Waals surface area contributed by atoms with Gasteiger partial charge < -0.3 is 14.5 Å². The summed E-state index contributed by atoms with van der Waals surface area (Å²) in [5.41, 5.74) is 0.924. The van der Waals surface area contributed by atoms with Crippen LogP contribution in [0.3, 0.4) is 0 Å². The van der Waals surface area contributed by atoms with Gasteiger partial charge in [0, 0.05) is 11.4 Å². The van der Waals surface area contributed by atoms with E-state index in [0.29, 0.717) is 22.1 Å². The van der Waals surface area contributed by atoms with E-state index in [4.69, 9.17) is 4.42 Å². The number of nitrogens with zero attached hydrogens (tertiary/aromatic N) is 2. The van der Waals surface area contributed by atoms with Crippen LogP contribution in [0.1, 0.15) is 5.69 Å².